The molecule has 0 aliphatic rings. The average molecular weight is 267 g/mol. The van der Waals surface area contributed by atoms with Gasteiger partial charge in [0.15, 0.2) is 8.32 Å². The lowest BCUT2D eigenvalue weighted by Crippen LogP contribution is -2.49. The van der Waals surface area contributed by atoms with Crippen LogP contribution in [-0.4, -0.2) is 32.0 Å². The number of halogens is 1. The van der Waals surface area contributed by atoms with Gasteiger partial charge >= 0.3 is 0 Å². The minimum absolute atomic E-state index is 0.249. The molecule has 0 spiro atoms. The molecule has 1 N–H and O–H groups in total. The molecule has 16 heavy (non-hydrogen) atoms. The van der Waals surface area contributed by atoms with Crippen molar-refractivity contribution in [2.24, 2.45) is 0 Å². The Balaban J connectivity index is 4.77. The number of alkyl halides is 1. The predicted octanol–water partition coefficient (Wildman–Crippen LogP) is 3.78. The number of hydrogen-bond acceptors (Lipinski definition) is 2. The first-order valence-corrected chi connectivity index (χ1v) is 8.84. The Morgan fingerprint density at radius 1 is 1.00 bits per heavy atom. The molecule has 1 unspecified atom stereocenters. The SMILES string of the molecule is CC(C)[Si](OCC(O)CCl)(C(C)C)C(C)C. The van der Waals surface area contributed by atoms with E-state index in [0.29, 0.717) is 23.2 Å². The van der Waals surface area contributed by atoms with Gasteiger partial charge < -0.3 is 9.53 Å². The largest absolute Gasteiger partial charge is 0.413 e. The molecule has 0 heterocycles. The van der Waals surface area contributed by atoms with Crippen molar-refractivity contribution >= 4 is 19.9 Å². The molecule has 0 aliphatic carbocycles. The molecule has 1 atom stereocenters. The van der Waals surface area contributed by atoms with Gasteiger partial charge in [0, 0.05) is 0 Å². The zero-order valence-corrected chi connectivity index (χ0v) is 13.2. The summed E-state index contributed by atoms with van der Waals surface area (Å²) in [7, 11) is -1.83. The Morgan fingerprint density at radius 2 is 1.38 bits per heavy atom. The van der Waals surface area contributed by atoms with Gasteiger partial charge in [0.1, 0.15) is 0 Å². The minimum Gasteiger partial charge on any atom is -0.413 e. The summed E-state index contributed by atoms with van der Waals surface area (Å²) in [6.45, 7) is 13.8. The summed E-state index contributed by atoms with van der Waals surface area (Å²) in [5, 5.41) is 9.53. The number of aliphatic hydroxyl groups is 1. The zero-order chi connectivity index (χ0) is 12.9. The van der Waals surface area contributed by atoms with Crippen molar-refractivity contribution in [1.82, 2.24) is 0 Å². The average Bonchev–Trinajstić information content (AvgIpc) is 2.16. The van der Waals surface area contributed by atoms with Crippen LogP contribution in [-0.2, 0) is 4.43 Å². The highest BCUT2D eigenvalue weighted by Crippen LogP contribution is 2.42. The second-order valence-electron chi connectivity index (χ2n) is 5.44. The minimum atomic E-state index is -1.83. The second kappa shape index (κ2) is 6.99. The van der Waals surface area contributed by atoms with Crippen molar-refractivity contribution < 1.29 is 9.53 Å². The van der Waals surface area contributed by atoms with Crippen LogP contribution in [0.2, 0.25) is 16.6 Å². The van der Waals surface area contributed by atoms with Gasteiger partial charge in [-0.25, -0.2) is 0 Å². The van der Waals surface area contributed by atoms with E-state index in [1.165, 1.54) is 0 Å². The van der Waals surface area contributed by atoms with Crippen LogP contribution in [0.25, 0.3) is 0 Å². The zero-order valence-electron chi connectivity index (χ0n) is 11.5. The molecule has 0 fully saturated rings. The summed E-state index contributed by atoms with van der Waals surface area (Å²) in [4.78, 5) is 0. The van der Waals surface area contributed by atoms with Gasteiger partial charge in [-0.15, -0.1) is 11.6 Å². The van der Waals surface area contributed by atoms with Gasteiger partial charge in [-0.05, 0) is 16.6 Å². The van der Waals surface area contributed by atoms with Crippen LogP contribution in [0.3, 0.4) is 0 Å². The third-order valence-electron chi connectivity index (χ3n) is 3.41. The normalized spacial score (nSPS) is 15.2. The maximum Gasteiger partial charge on any atom is 0.200 e. The molecule has 0 saturated heterocycles. The quantitative estimate of drug-likeness (QED) is 0.561. The lowest BCUT2D eigenvalue weighted by atomic mass is 10.4. The number of aliphatic hydroxyl groups excluding tert-OH is 1. The van der Waals surface area contributed by atoms with Crippen molar-refractivity contribution in [3.63, 3.8) is 0 Å². The van der Waals surface area contributed by atoms with Crippen LogP contribution in [0.4, 0.5) is 0 Å². The molecule has 0 rings (SSSR count). The Morgan fingerprint density at radius 3 is 1.62 bits per heavy atom. The third kappa shape index (κ3) is 3.72. The first-order chi connectivity index (χ1) is 7.28. The molecule has 0 bridgehead atoms. The first kappa shape index (κ1) is 16.4. The van der Waals surface area contributed by atoms with E-state index in [0.717, 1.165) is 0 Å². The van der Waals surface area contributed by atoms with Gasteiger partial charge in [-0.1, -0.05) is 41.5 Å². The fourth-order valence-electron chi connectivity index (χ4n) is 2.79. The van der Waals surface area contributed by atoms with E-state index in [1.54, 1.807) is 0 Å². The van der Waals surface area contributed by atoms with Crippen molar-refractivity contribution in [3.05, 3.63) is 0 Å². The third-order valence-corrected chi connectivity index (χ3v) is 9.85. The Bertz CT molecular complexity index is 174. The van der Waals surface area contributed by atoms with Crippen molar-refractivity contribution in [3.8, 4) is 0 Å². The highest BCUT2D eigenvalue weighted by atomic mass is 35.5. The Kier molecular flexibility index (Phi) is 7.18. The van der Waals surface area contributed by atoms with Gasteiger partial charge in [0.2, 0.25) is 0 Å². The van der Waals surface area contributed by atoms with Crippen LogP contribution in [0.5, 0.6) is 0 Å². The molecule has 0 aromatic carbocycles. The maximum absolute atomic E-state index is 9.53. The monoisotopic (exact) mass is 266 g/mol. The molecule has 98 valence electrons. The van der Waals surface area contributed by atoms with E-state index in [-0.39, 0.29) is 5.88 Å². The van der Waals surface area contributed by atoms with Gasteiger partial charge in [-0.2, -0.15) is 0 Å². The lowest BCUT2D eigenvalue weighted by Gasteiger charge is -2.42. The molecular formula is C12H27ClO2Si. The topological polar surface area (TPSA) is 29.5 Å². The highest BCUT2D eigenvalue weighted by Gasteiger charge is 2.45. The molecule has 2 nitrogen and oxygen atoms in total. The van der Waals surface area contributed by atoms with Gasteiger partial charge in [-0.3, -0.25) is 0 Å². The fraction of sp³-hybridized carbons (Fsp3) is 1.00. The molecule has 4 heteroatoms. The van der Waals surface area contributed by atoms with Crippen molar-refractivity contribution in [1.29, 1.82) is 0 Å². The summed E-state index contributed by atoms with van der Waals surface area (Å²) < 4.78 is 6.17. The lowest BCUT2D eigenvalue weighted by molar-refractivity contribution is 0.114. The Labute approximate surface area is 106 Å². The van der Waals surface area contributed by atoms with Gasteiger partial charge in [0.05, 0.1) is 18.6 Å². The van der Waals surface area contributed by atoms with E-state index < -0.39 is 14.4 Å². The maximum atomic E-state index is 9.53. The summed E-state index contributed by atoms with van der Waals surface area (Å²) >= 11 is 5.61. The molecule has 0 radical (unpaired) electrons. The first-order valence-electron chi connectivity index (χ1n) is 6.16. The fourth-order valence-corrected chi connectivity index (χ4v) is 8.36. The Hall–Kier alpha value is 0.427. The van der Waals surface area contributed by atoms with Crippen LogP contribution >= 0.6 is 11.6 Å². The predicted molar refractivity (Wildman–Crippen MR) is 73.7 cm³/mol. The molecular weight excluding hydrogens is 240 g/mol. The molecule has 0 aromatic rings. The summed E-state index contributed by atoms with van der Waals surface area (Å²) in [5.41, 5.74) is 1.65. The van der Waals surface area contributed by atoms with Gasteiger partial charge in [0.25, 0.3) is 0 Å². The second-order valence-corrected chi connectivity index (χ2v) is 11.2. The van der Waals surface area contributed by atoms with E-state index in [4.69, 9.17) is 16.0 Å². The highest BCUT2D eigenvalue weighted by molar-refractivity contribution is 6.77. The number of hydrogen-bond donors (Lipinski definition) is 1. The molecule has 0 aromatic heterocycles. The standard InChI is InChI=1S/C12H27ClO2Si/c1-9(2)16(10(3)4,11(5)6)15-8-12(14)7-13/h9-12,14H,7-8H2,1-6H3. The van der Waals surface area contributed by atoms with Crippen LogP contribution in [0.15, 0.2) is 0 Å². The van der Waals surface area contributed by atoms with Crippen LogP contribution in [0.1, 0.15) is 41.5 Å². The van der Waals surface area contributed by atoms with Crippen molar-refractivity contribution in [2.45, 2.75) is 64.3 Å². The van der Waals surface area contributed by atoms with E-state index in [9.17, 15) is 5.11 Å². The molecule has 0 saturated carbocycles. The number of rotatable bonds is 7. The summed E-state index contributed by atoms with van der Waals surface area (Å²) in [5.74, 6) is 0.249. The molecule has 0 aliphatic heterocycles. The van der Waals surface area contributed by atoms with E-state index in [2.05, 4.69) is 41.5 Å². The summed E-state index contributed by atoms with van der Waals surface area (Å²) in [6, 6.07) is 0. The van der Waals surface area contributed by atoms with Crippen molar-refractivity contribution in [2.75, 3.05) is 12.5 Å². The van der Waals surface area contributed by atoms with Crippen LogP contribution in [0, 0.1) is 0 Å². The molecule has 0 amide bonds. The smallest absolute Gasteiger partial charge is 0.200 e. The summed E-state index contributed by atoms with van der Waals surface area (Å²) in [6.07, 6.45) is -0.537. The van der Waals surface area contributed by atoms with Crippen LogP contribution < -0.4 is 0 Å². The van der Waals surface area contributed by atoms with E-state index in [1.807, 2.05) is 0 Å². The van der Waals surface area contributed by atoms with E-state index >= 15 is 0 Å².